The molecule has 0 saturated heterocycles. The molecule has 0 N–H and O–H groups in total. The molecule has 0 spiro atoms. The van der Waals surface area contributed by atoms with Gasteiger partial charge in [-0.25, -0.2) is 4.68 Å². The fourth-order valence-electron chi connectivity index (χ4n) is 2.28. The van der Waals surface area contributed by atoms with Gasteiger partial charge in [-0.15, -0.1) is 0 Å². The highest BCUT2D eigenvalue weighted by atomic mass is 35.5. The predicted molar refractivity (Wildman–Crippen MR) is 94.9 cm³/mol. The number of nitrogens with zero attached hydrogens (tertiary/aromatic N) is 4. The van der Waals surface area contributed by atoms with Crippen LogP contribution in [-0.2, 0) is 7.05 Å². The molecule has 0 bridgehead atoms. The van der Waals surface area contributed by atoms with Crippen molar-refractivity contribution in [1.82, 2.24) is 19.6 Å². The van der Waals surface area contributed by atoms with Gasteiger partial charge >= 0.3 is 0 Å². The molecule has 3 aromatic rings. The summed E-state index contributed by atoms with van der Waals surface area (Å²) in [5.74, 6) is -0.144. The molecule has 0 aliphatic heterocycles. The Hall–Kier alpha value is -2.37. The van der Waals surface area contributed by atoms with Gasteiger partial charge in [-0.1, -0.05) is 29.3 Å². The summed E-state index contributed by atoms with van der Waals surface area (Å²) in [6.45, 7) is 1.83. The Balaban J connectivity index is 1.92. The van der Waals surface area contributed by atoms with E-state index in [1.807, 2.05) is 19.1 Å². The van der Waals surface area contributed by atoms with E-state index >= 15 is 0 Å². The molecule has 3 rings (SSSR count). The molecule has 0 aliphatic rings. The van der Waals surface area contributed by atoms with Crippen LogP contribution in [0.4, 0.5) is 0 Å². The molecule has 1 aromatic carbocycles. The topological polar surface area (TPSA) is 52.7 Å². The second-order valence-corrected chi connectivity index (χ2v) is 6.08. The molecule has 0 fully saturated rings. The van der Waals surface area contributed by atoms with E-state index in [1.165, 1.54) is 12.3 Å². The van der Waals surface area contributed by atoms with Crippen molar-refractivity contribution in [3.05, 3.63) is 69.7 Å². The summed E-state index contributed by atoms with van der Waals surface area (Å²) >= 11 is 12.4. The first-order valence-corrected chi connectivity index (χ1v) is 7.93. The Labute approximate surface area is 149 Å². The highest BCUT2D eigenvalue weighted by Gasteiger charge is 2.13. The third-order valence-electron chi connectivity index (χ3n) is 3.49. The van der Waals surface area contributed by atoms with Crippen LogP contribution in [0.25, 0.3) is 11.8 Å². The Bertz CT molecular complexity index is 940. The van der Waals surface area contributed by atoms with Gasteiger partial charge in [-0.2, -0.15) is 10.2 Å². The van der Waals surface area contributed by atoms with Crippen molar-refractivity contribution < 1.29 is 4.79 Å². The van der Waals surface area contributed by atoms with E-state index in [2.05, 4.69) is 10.2 Å². The second kappa shape index (κ2) is 6.63. The Morgan fingerprint density at radius 2 is 2.08 bits per heavy atom. The number of hydrogen-bond donors (Lipinski definition) is 0. The maximum atomic E-state index is 12.1. The highest BCUT2D eigenvalue weighted by Crippen LogP contribution is 2.26. The van der Waals surface area contributed by atoms with E-state index in [9.17, 15) is 4.79 Å². The summed E-state index contributed by atoms with van der Waals surface area (Å²) in [4.78, 5) is 12.1. The molecule has 0 atom stereocenters. The van der Waals surface area contributed by atoms with Crippen LogP contribution in [0.5, 0.6) is 0 Å². The molecule has 122 valence electrons. The van der Waals surface area contributed by atoms with E-state index < -0.39 is 0 Å². The summed E-state index contributed by atoms with van der Waals surface area (Å²) < 4.78 is 3.17. The summed E-state index contributed by atoms with van der Waals surface area (Å²) in [6, 6.07) is 7.24. The molecule has 0 aliphatic carbocycles. The lowest BCUT2D eigenvalue weighted by molar-refractivity contribution is 0.104. The fourth-order valence-corrected chi connectivity index (χ4v) is 2.80. The van der Waals surface area contributed by atoms with E-state index in [4.69, 9.17) is 23.2 Å². The van der Waals surface area contributed by atoms with Crippen molar-refractivity contribution >= 4 is 35.1 Å². The first-order valence-electron chi connectivity index (χ1n) is 7.18. The third kappa shape index (κ3) is 3.27. The van der Waals surface area contributed by atoms with Gasteiger partial charge in [0.25, 0.3) is 0 Å². The highest BCUT2D eigenvalue weighted by molar-refractivity contribution is 6.32. The molecule has 0 radical (unpaired) electrons. The van der Waals surface area contributed by atoms with Crippen molar-refractivity contribution in [3.8, 4) is 5.69 Å². The standard InChI is InChI=1S/C17H14Cl2N4O/c1-11-15(6-7-16(24)12-9-20-22(2)10-12)17(19)23(21-11)14-5-3-4-13(18)8-14/h3-10H,1-2H3/b7-6+. The molecule has 0 saturated carbocycles. The smallest absolute Gasteiger partial charge is 0.189 e. The number of aromatic nitrogens is 4. The van der Waals surface area contributed by atoms with Crippen molar-refractivity contribution in [2.45, 2.75) is 6.92 Å². The zero-order valence-corrected chi connectivity index (χ0v) is 14.6. The van der Waals surface area contributed by atoms with E-state index in [1.54, 1.807) is 40.8 Å². The molecule has 7 heteroatoms. The minimum atomic E-state index is -0.144. The zero-order chi connectivity index (χ0) is 17.3. The van der Waals surface area contributed by atoms with Crippen molar-refractivity contribution in [3.63, 3.8) is 0 Å². The number of carbonyl (C=O) groups excluding carboxylic acids is 1. The molecular formula is C17H14Cl2N4O. The van der Waals surface area contributed by atoms with Crippen molar-refractivity contribution in [1.29, 1.82) is 0 Å². The predicted octanol–water partition coefficient (Wildman–Crippen LogP) is 4.12. The summed E-state index contributed by atoms with van der Waals surface area (Å²) in [7, 11) is 1.76. The summed E-state index contributed by atoms with van der Waals surface area (Å²) in [5, 5.41) is 9.43. The summed E-state index contributed by atoms with van der Waals surface area (Å²) in [5.41, 5.74) is 2.68. The zero-order valence-electron chi connectivity index (χ0n) is 13.1. The Kier molecular flexibility index (Phi) is 4.55. The van der Waals surface area contributed by atoms with Gasteiger partial charge in [0.05, 0.1) is 23.1 Å². The van der Waals surface area contributed by atoms with E-state index in [0.717, 1.165) is 11.4 Å². The normalized spacial score (nSPS) is 11.3. The average molecular weight is 361 g/mol. The van der Waals surface area contributed by atoms with Crippen LogP contribution in [0.1, 0.15) is 21.6 Å². The van der Waals surface area contributed by atoms with Gasteiger partial charge in [0.2, 0.25) is 0 Å². The van der Waals surface area contributed by atoms with Crippen molar-refractivity contribution in [2.75, 3.05) is 0 Å². The SMILES string of the molecule is Cc1nn(-c2cccc(Cl)c2)c(Cl)c1/C=C/C(=O)c1cnn(C)c1. The molecule has 0 amide bonds. The molecule has 2 aromatic heterocycles. The number of rotatable bonds is 4. The minimum absolute atomic E-state index is 0.144. The summed E-state index contributed by atoms with van der Waals surface area (Å²) in [6.07, 6.45) is 6.32. The number of hydrogen-bond acceptors (Lipinski definition) is 3. The molecule has 5 nitrogen and oxygen atoms in total. The quantitative estimate of drug-likeness (QED) is 0.519. The maximum absolute atomic E-state index is 12.1. The van der Waals surface area contributed by atoms with Crippen LogP contribution in [0.2, 0.25) is 10.2 Å². The van der Waals surface area contributed by atoms with Gasteiger partial charge in [0.1, 0.15) is 5.15 Å². The van der Waals surface area contributed by atoms with Crippen LogP contribution in [-0.4, -0.2) is 25.3 Å². The van der Waals surface area contributed by atoms with Crippen molar-refractivity contribution in [2.24, 2.45) is 7.05 Å². The fraction of sp³-hybridized carbons (Fsp3) is 0.118. The van der Waals surface area contributed by atoms with E-state index in [0.29, 0.717) is 21.3 Å². The van der Waals surface area contributed by atoms with Gasteiger partial charge in [0, 0.05) is 23.8 Å². The van der Waals surface area contributed by atoms with Gasteiger partial charge in [-0.05, 0) is 37.3 Å². The second-order valence-electron chi connectivity index (χ2n) is 5.28. The number of allylic oxidation sites excluding steroid dienone is 1. The third-order valence-corrected chi connectivity index (χ3v) is 4.09. The Morgan fingerprint density at radius 1 is 1.29 bits per heavy atom. The number of ketones is 1. The first-order chi connectivity index (χ1) is 11.5. The lowest BCUT2D eigenvalue weighted by atomic mass is 10.2. The average Bonchev–Trinajstić information content (AvgIpc) is 3.09. The lowest BCUT2D eigenvalue weighted by Crippen LogP contribution is -1.96. The first kappa shape index (κ1) is 16.5. The van der Waals surface area contributed by atoms with Crippen LogP contribution < -0.4 is 0 Å². The maximum Gasteiger partial charge on any atom is 0.189 e. The Morgan fingerprint density at radius 3 is 2.75 bits per heavy atom. The number of carbonyl (C=O) groups is 1. The lowest BCUT2D eigenvalue weighted by Gasteiger charge is -2.03. The molecular weight excluding hydrogens is 347 g/mol. The monoisotopic (exact) mass is 360 g/mol. The van der Waals surface area contributed by atoms with Crippen LogP contribution >= 0.6 is 23.2 Å². The van der Waals surface area contributed by atoms with Gasteiger partial charge < -0.3 is 0 Å². The number of benzene rings is 1. The minimum Gasteiger partial charge on any atom is -0.289 e. The van der Waals surface area contributed by atoms with Crippen LogP contribution in [0, 0.1) is 6.92 Å². The van der Waals surface area contributed by atoms with Crippen LogP contribution in [0.15, 0.2) is 42.7 Å². The number of aryl methyl sites for hydroxylation is 2. The van der Waals surface area contributed by atoms with E-state index in [-0.39, 0.29) is 5.78 Å². The molecule has 2 heterocycles. The van der Waals surface area contributed by atoms with Crippen LogP contribution in [0.3, 0.4) is 0 Å². The largest absolute Gasteiger partial charge is 0.289 e. The molecule has 24 heavy (non-hydrogen) atoms. The number of halogens is 2. The van der Waals surface area contributed by atoms with Gasteiger partial charge in [0.15, 0.2) is 5.78 Å². The molecule has 0 unspecified atom stereocenters. The van der Waals surface area contributed by atoms with Gasteiger partial charge in [-0.3, -0.25) is 9.48 Å².